The number of hydrogen-bond acceptors (Lipinski definition) is 3. The summed E-state index contributed by atoms with van der Waals surface area (Å²) in [6.45, 7) is 4.09. The fraction of sp³-hybridized carbons (Fsp3) is 0.417. The number of aryl methyl sites for hydroxylation is 1. The van der Waals surface area contributed by atoms with Crippen LogP contribution in [0.5, 0.6) is 5.75 Å². The van der Waals surface area contributed by atoms with Crippen molar-refractivity contribution in [1.82, 2.24) is 0 Å². The van der Waals surface area contributed by atoms with Crippen molar-refractivity contribution in [1.29, 1.82) is 0 Å². The Morgan fingerprint density at radius 3 is 2.75 bits per heavy atom. The molecule has 1 aromatic carbocycles. The third kappa shape index (κ3) is 3.52. The molecule has 0 bridgehead atoms. The second-order valence-corrected chi connectivity index (χ2v) is 4.52. The van der Waals surface area contributed by atoms with E-state index in [1.807, 2.05) is 25.1 Å². The molecule has 16 heavy (non-hydrogen) atoms. The molecule has 0 fully saturated rings. The van der Waals surface area contributed by atoms with Gasteiger partial charge in [-0.1, -0.05) is 6.07 Å². The average Bonchev–Trinajstić information content (AvgIpc) is 2.26. The molecule has 3 nitrogen and oxygen atoms in total. The van der Waals surface area contributed by atoms with Crippen molar-refractivity contribution in [3.8, 4) is 5.75 Å². The van der Waals surface area contributed by atoms with Gasteiger partial charge in [-0.15, -0.1) is 0 Å². The average molecular weight is 287 g/mol. The third-order valence-electron chi connectivity index (χ3n) is 2.18. The molecule has 0 saturated heterocycles. The van der Waals surface area contributed by atoms with E-state index in [-0.39, 0.29) is 11.9 Å². The van der Waals surface area contributed by atoms with Gasteiger partial charge in [-0.3, -0.25) is 4.79 Å². The van der Waals surface area contributed by atoms with Crippen LogP contribution in [0.1, 0.15) is 12.5 Å². The summed E-state index contributed by atoms with van der Waals surface area (Å²) in [6.07, 6.45) is 0. The van der Waals surface area contributed by atoms with E-state index in [2.05, 4.69) is 20.7 Å². The van der Waals surface area contributed by atoms with Crippen LogP contribution in [-0.2, 0) is 9.53 Å². The van der Waals surface area contributed by atoms with Crippen LogP contribution in [0.2, 0.25) is 0 Å². The lowest BCUT2D eigenvalue weighted by molar-refractivity contribution is -0.145. The van der Waals surface area contributed by atoms with Crippen LogP contribution < -0.4 is 4.74 Å². The summed E-state index contributed by atoms with van der Waals surface area (Å²) in [5, 5.41) is 0. The number of rotatable bonds is 4. The van der Waals surface area contributed by atoms with Crippen molar-refractivity contribution in [2.75, 3.05) is 13.7 Å². The number of halogens is 1. The summed E-state index contributed by atoms with van der Waals surface area (Å²) < 4.78 is 11.0. The van der Waals surface area contributed by atoms with Gasteiger partial charge in [0.25, 0.3) is 0 Å². The standard InChI is InChI=1S/C12H15BrO3/c1-8-4-5-11(10(13)6-8)16-7-9(2)12(14)15-3/h4-6,9H,7H2,1-3H3. The van der Waals surface area contributed by atoms with E-state index in [9.17, 15) is 4.79 Å². The van der Waals surface area contributed by atoms with Crippen LogP contribution in [0, 0.1) is 12.8 Å². The van der Waals surface area contributed by atoms with Crippen LogP contribution in [0.3, 0.4) is 0 Å². The third-order valence-corrected chi connectivity index (χ3v) is 2.80. The zero-order valence-corrected chi connectivity index (χ0v) is 11.2. The summed E-state index contributed by atoms with van der Waals surface area (Å²) in [5.41, 5.74) is 1.15. The minimum absolute atomic E-state index is 0.261. The first kappa shape index (κ1) is 13.0. The van der Waals surface area contributed by atoms with Crippen LogP contribution in [0.25, 0.3) is 0 Å². The Hall–Kier alpha value is -1.03. The zero-order valence-electron chi connectivity index (χ0n) is 9.62. The van der Waals surface area contributed by atoms with E-state index in [1.165, 1.54) is 7.11 Å². The molecule has 4 heteroatoms. The van der Waals surface area contributed by atoms with Crippen molar-refractivity contribution >= 4 is 21.9 Å². The molecule has 1 unspecified atom stereocenters. The second kappa shape index (κ2) is 5.89. The number of hydrogen-bond donors (Lipinski definition) is 0. The van der Waals surface area contributed by atoms with Gasteiger partial charge in [0.05, 0.1) is 17.5 Å². The van der Waals surface area contributed by atoms with Gasteiger partial charge in [0, 0.05) is 0 Å². The highest BCUT2D eigenvalue weighted by atomic mass is 79.9. The molecule has 0 aliphatic heterocycles. The summed E-state index contributed by atoms with van der Waals surface area (Å²) in [4.78, 5) is 11.2. The van der Waals surface area contributed by atoms with Gasteiger partial charge >= 0.3 is 5.97 Å². The molecular formula is C12H15BrO3. The molecular weight excluding hydrogens is 272 g/mol. The topological polar surface area (TPSA) is 35.5 Å². The highest BCUT2D eigenvalue weighted by molar-refractivity contribution is 9.10. The van der Waals surface area contributed by atoms with Crippen LogP contribution in [0.15, 0.2) is 22.7 Å². The highest BCUT2D eigenvalue weighted by Crippen LogP contribution is 2.26. The fourth-order valence-electron chi connectivity index (χ4n) is 1.21. The Morgan fingerprint density at radius 2 is 2.19 bits per heavy atom. The maximum absolute atomic E-state index is 11.2. The molecule has 0 radical (unpaired) electrons. The van der Waals surface area contributed by atoms with Gasteiger partial charge in [-0.05, 0) is 47.5 Å². The number of carbonyl (C=O) groups excluding carboxylic acids is 1. The first-order chi connectivity index (χ1) is 7.54. The molecule has 0 amide bonds. The van der Waals surface area contributed by atoms with E-state index >= 15 is 0 Å². The molecule has 0 heterocycles. The highest BCUT2D eigenvalue weighted by Gasteiger charge is 2.14. The molecule has 0 saturated carbocycles. The van der Waals surface area contributed by atoms with Gasteiger partial charge in [0.1, 0.15) is 12.4 Å². The Labute approximate surface area is 104 Å². The molecule has 0 N–H and O–H groups in total. The maximum atomic E-state index is 11.2. The minimum atomic E-state index is -0.266. The smallest absolute Gasteiger partial charge is 0.311 e. The minimum Gasteiger partial charge on any atom is -0.492 e. The molecule has 88 valence electrons. The Kier molecular flexibility index (Phi) is 4.80. The van der Waals surface area contributed by atoms with Crippen LogP contribution >= 0.6 is 15.9 Å². The lowest BCUT2D eigenvalue weighted by Crippen LogP contribution is -2.20. The summed E-state index contributed by atoms with van der Waals surface area (Å²) in [6, 6.07) is 5.81. The van der Waals surface area contributed by atoms with Crippen molar-refractivity contribution in [3.63, 3.8) is 0 Å². The lowest BCUT2D eigenvalue weighted by Gasteiger charge is -2.12. The van der Waals surface area contributed by atoms with E-state index in [0.29, 0.717) is 6.61 Å². The Balaban J connectivity index is 2.58. The predicted octanol–water partition coefficient (Wildman–Crippen LogP) is 2.95. The van der Waals surface area contributed by atoms with Crippen molar-refractivity contribution in [2.24, 2.45) is 5.92 Å². The second-order valence-electron chi connectivity index (χ2n) is 3.67. The quantitative estimate of drug-likeness (QED) is 0.799. The van der Waals surface area contributed by atoms with Crippen LogP contribution in [0.4, 0.5) is 0 Å². The molecule has 1 atom stereocenters. The van der Waals surface area contributed by atoms with Crippen molar-refractivity contribution in [3.05, 3.63) is 28.2 Å². The first-order valence-corrected chi connectivity index (χ1v) is 5.80. The fourth-order valence-corrected chi connectivity index (χ4v) is 1.81. The number of ether oxygens (including phenoxy) is 2. The number of esters is 1. The van der Waals surface area contributed by atoms with Crippen molar-refractivity contribution in [2.45, 2.75) is 13.8 Å². The monoisotopic (exact) mass is 286 g/mol. The van der Waals surface area contributed by atoms with Crippen LogP contribution in [-0.4, -0.2) is 19.7 Å². The van der Waals surface area contributed by atoms with Gasteiger partial charge in [-0.2, -0.15) is 0 Å². The van der Waals surface area contributed by atoms with Gasteiger partial charge < -0.3 is 9.47 Å². The predicted molar refractivity (Wildman–Crippen MR) is 65.6 cm³/mol. The maximum Gasteiger partial charge on any atom is 0.311 e. The molecule has 0 aliphatic rings. The summed E-state index contributed by atoms with van der Waals surface area (Å²) in [7, 11) is 1.38. The van der Waals surface area contributed by atoms with E-state index in [4.69, 9.17) is 4.74 Å². The Bertz CT molecular complexity index is 377. The van der Waals surface area contributed by atoms with E-state index in [1.54, 1.807) is 6.92 Å². The normalized spacial score (nSPS) is 12.0. The number of benzene rings is 1. The molecule has 0 aliphatic carbocycles. The first-order valence-electron chi connectivity index (χ1n) is 5.01. The van der Waals surface area contributed by atoms with Gasteiger partial charge in [-0.25, -0.2) is 0 Å². The molecule has 0 aromatic heterocycles. The van der Waals surface area contributed by atoms with Gasteiger partial charge in [0.15, 0.2) is 0 Å². The molecule has 1 rings (SSSR count). The van der Waals surface area contributed by atoms with E-state index < -0.39 is 0 Å². The Morgan fingerprint density at radius 1 is 1.50 bits per heavy atom. The van der Waals surface area contributed by atoms with Gasteiger partial charge in [0.2, 0.25) is 0 Å². The zero-order chi connectivity index (χ0) is 12.1. The number of carbonyl (C=O) groups is 1. The molecule has 1 aromatic rings. The summed E-state index contributed by atoms with van der Waals surface area (Å²) >= 11 is 3.41. The van der Waals surface area contributed by atoms with E-state index in [0.717, 1.165) is 15.8 Å². The summed E-state index contributed by atoms with van der Waals surface area (Å²) in [5.74, 6) is 0.211. The van der Waals surface area contributed by atoms with Crippen molar-refractivity contribution < 1.29 is 14.3 Å². The largest absolute Gasteiger partial charge is 0.492 e. The number of methoxy groups -OCH3 is 1. The lowest BCUT2D eigenvalue weighted by atomic mass is 10.2. The SMILES string of the molecule is COC(=O)C(C)COc1ccc(C)cc1Br. The molecule has 0 spiro atoms.